The highest BCUT2D eigenvalue weighted by Crippen LogP contribution is 2.53. The topological polar surface area (TPSA) is 45.9 Å². The summed E-state index contributed by atoms with van der Waals surface area (Å²) in [5.41, 5.74) is 3.16. The van der Waals surface area contributed by atoms with Crippen LogP contribution in [-0.4, -0.2) is 16.5 Å². The van der Waals surface area contributed by atoms with E-state index in [0.717, 1.165) is 40.3 Å². The Labute approximate surface area is 174 Å². The van der Waals surface area contributed by atoms with Crippen molar-refractivity contribution in [1.29, 1.82) is 5.26 Å². The number of hydrogen-bond acceptors (Lipinski definition) is 5. The first-order chi connectivity index (χ1) is 13.8. The number of rotatable bonds is 6. The van der Waals surface area contributed by atoms with E-state index in [2.05, 4.69) is 41.4 Å². The Balaban J connectivity index is 1.51. The van der Waals surface area contributed by atoms with E-state index in [1.165, 1.54) is 12.0 Å². The third-order valence-corrected chi connectivity index (χ3v) is 8.35. The lowest BCUT2D eigenvalue weighted by Gasteiger charge is -2.36. The molecule has 0 unspecified atom stereocenters. The predicted octanol–water partition coefficient (Wildman–Crippen LogP) is 6.14. The molecule has 0 bridgehead atoms. The monoisotopic (exact) mass is 406 g/mol. The maximum absolute atomic E-state index is 9.10. The van der Waals surface area contributed by atoms with Crippen LogP contribution in [0.15, 0.2) is 60.7 Å². The highest BCUT2D eigenvalue weighted by molar-refractivity contribution is 8.18. The molecular formula is C23H22N2OS2. The number of aromatic nitrogens is 1. The van der Waals surface area contributed by atoms with Gasteiger partial charge in [0.25, 0.3) is 0 Å². The first kappa shape index (κ1) is 19.2. The minimum Gasteiger partial charge on any atom is -0.487 e. The highest BCUT2D eigenvalue weighted by Gasteiger charge is 2.35. The first-order valence-corrected chi connectivity index (χ1v) is 11.5. The molecule has 142 valence electrons. The Hall–Kier alpha value is -2.16. The standard InChI is InChI=1S/C23H22N2OS2/c24-13-4-12-23(27-14-5-15-28-23)19-7-3-8-21(16-19)26-17-20-11-10-18-6-1-2-9-22(18)25-20/h1-3,6-11,16H,4-5,12,14-15,17H2. The van der Waals surface area contributed by atoms with Crippen molar-refractivity contribution < 1.29 is 4.74 Å². The lowest BCUT2D eigenvalue weighted by atomic mass is 10.1. The van der Waals surface area contributed by atoms with Gasteiger partial charge in [0.2, 0.25) is 0 Å². The normalized spacial score (nSPS) is 15.8. The van der Waals surface area contributed by atoms with Gasteiger partial charge >= 0.3 is 0 Å². The molecule has 0 N–H and O–H groups in total. The Morgan fingerprint density at radius 3 is 2.75 bits per heavy atom. The summed E-state index contributed by atoms with van der Waals surface area (Å²) in [5.74, 6) is 3.14. The second kappa shape index (κ2) is 8.89. The number of thioether (sulfide) groups is 2. The van der Waals surface area contributed by atoms with Crippen LogP contribution in [0.1, 0.15) is 30.5 Å². The van der Waals surface area contributed by atoms with Gasteiger partial charge in [-0.25, -0.2) is 4.98 Å². The maximum Gasteiger partial charge on any atom is 0.130 e. The summed E-state index contributed by atoms with van der Waals surface area (Å²) in [6, 6.07) is 22.9. The van der Waals surface area contributed by atoms with E-state index >= 15 is 0 Å². The van der Waals surface area contributed by atoms with Gasteiger partial charge in [-0.3, -0.25) is 0 Å². The van der Waals surface area contributed by atoms with Crippen molar-refractivity contribution in [2.45, 2.75) is 29.9 Å². The molecule has 0 aliphatic carbocycles. The van der Waals surface area contributed by atoms with Crippen LogP contribution in [0.5, 0.6) is 5.75 Å². The highest BCUT2D eigenvalue weighted by atomic mass is 32.2. The molecule has 0 amide bonds. The molecular weight excluding hydrogens is 384 g/mol. The van der Waals surface area contributed by atoms with Crippen LogP contribution in [0.2, 0.25) is 0 Å². The van der Waals surface area contributed by atoms with Crippen LogP contribution in [-0.2, 0) is 10.7 Å². The largest absolute Gasteiger partial charge is 0.487 e. The molecule has 1 aliphatic rings. The molecule has 5 heteroatoms. The summed E-state index contributed by atoms with van der Waals surface area (Å²) in [6.07, 6.45) is 2.67. The molecule has 0 radical (unpaired) electrons. The quantitative estimate of drug-likeness (QED) is 0.492. The third kappa shape index (κ3) is 4.29. The van der Waals surface area contributed by atoms with Crippen molar-refractivity contribution in [2.75, 3.05) is 11.5 Å². The van der Waals surface area contributed by atoms with E-state index in [-0.39, 0.29) is 4.08 Å². The van der Waals surface area contributed by atoms with Gasteiger partial charge in [0, 0.05) is 11.8 Å². The van der Waals surface area contributed by atoms with Crippen molar-refractivity contribution in [2.24, 2.45) is 0 Å². The number of fused-ring (bicyclic) bond motifs is 1. The molecule has 28 heavy (non-hydrogen) atoms. The minimum atomic E-state index is -0.0332. The van der Waals surface area contributed by atoms with Crippen LogP contribution in [0.3, 0.4) is 0 Å². The fourth-order valence-corrected chi connectivity index (χ4v) is 6.75. The summed E-state index contributed by atoms with van der Waals surface area (Å²) < 4.78 is 6.04. The molecule has 1 saturated heterocycles. The van der Waals surface area contributed by atoms with Crippen LogP contribution in [0.4, 0.5) is 0 Å². The van der Waals surface area contributed by atoms with Crippen molar-refractivity contribution in [1.82, 2.24) is 4.98 Å². The fourth-order valence-electron chi connectivity index (χ4n) is 3.42. The molecule has 0 saturated carbocycles. The fraction of sp³-hybridized carbons (Fsp3) is 0.304. The van der Waals surface area contributed by atoms with Gasteiger partial charge in [0.05, 0.1) is 21.4 Å². The molecule has 2 aromatic carbocycles. The van der Waals surface area contributed by atoms with E-state index in [9.17, 15) is 0 Å². The van der Waals surface area contributed by atoms with E-state index in [1.54, 1.807) is 0 Å². The molecule has 3 aromatic rings. The van der Waals surface area contributed by atoms with Crippen LogP contribution >= 0.6 is 23.5 Å². The van der Waals surface area contributed by atoms with Gasteiger partial charge in [-0.15, -0.1) is 23.5 Å². The van der Waals surface area contributed by atoms with Gasteiger partial charge in [-0.05, 0) is 54.2 Å². The summed E-state index contributed by atoms with van der Waals surface area (Å²) in [5, 5.41) is 10.2. The van der Waals surface area contributed by atoms with Crippen molar-refractivity contribution in [3.63, 3.8) is 0 Å². The second-order valence-corrected chi connectivity index (χ2v) is 9.82. The Morgan fingerprint density at radius 2 is 1.89 bits per heavy atom. The molecule has 1 aromatic heterocycles. The lowest BCUT2D eigenvalue weighted by Crippen LogP contribution is -2.22. The van der Waals surface area contributed by atoms with Gasteiger partial charge < -0.3 is 4.74 Å². The van der Waals surface area contributed by atoms with Crippen LogP contribution < -0.4 is 4.74 Å². The summed E-state index contributed by atoms with van der Waals surface area (Å²) in [4.78, 5) is 4.69. The number of nitrogens with zero attached hydrogens (tertiary/aromatic N) is 2. The predicted molar refractivity (Wildman–Crippen MR) is 119 cm³/mol. The minimum absolute atomic E-state index is 0.0332. The van der Waals surface area contributed by atoms with Crippen LogP contribution in [0.25, 0.3) is 10.9 Å². The van der Waals surface area contributed by atoms with Gasteiger partial charge in [0.15, 0.2) is 0 Å². The molecule has 1 fully saturated rings. The Morgan fingerprint density at radius 1 is 1.04 bits per heavy atom. The summed E-state index contributed by atoms with van der Waals surface area (Å²) in [7, 11) is 0. The number of benzene rings is 2. The number of nitriles is 1. The smallest absolute Gasteiger partial charge is 0.130 e. The molecule has 0 atom stereocenters. The molecule has 1 aliphatic heterocycles. The maximum atomic E-state index is 9.10. The zero-order valence-electron chi connectivity index (χ0n) is 15.6. The molecule has 0 spiro atoms. The van der Waals surface area contributed by atoms with Gasteiger partial charge in [0.1, 0.15) is 12.4 Å². The van der Waals surface area contributed by atoms with Crippen molar-refractivity contribution in [3.05, 3.63) is 71.9 Å². The Bertz CT molecular complexity index is 993. The van der Waals surface area contributed by atoms with Crippen molar-refractivity contribution in [3.8, 4) is 11.8 Å². The average molecular weight is 407 g/mol. The summed E-state index contributed by atoms with van der Waals surface area (Å²) >= 11 is 3.94. The molecule has 4 rings (SSSR count). The Kier molecular flexibility index (Phi) is 6.09. The first-order valence-electron chi connectivity index (χ1n) is 9.52. The van der Waals surface area contributed by atoms with E-state index in [4.69, 9.17) is 10.00 Å². The zero-order valence-corrected chi connectivity index (χ0v) is 17.3. The second-order valence-electron chi connectivity index (χ2n) is 6.77. The van der Waals surface area contributed by atoms with Gasteiger partial charge in [-0.1, -0.05) is 36.4 Å². The number of pyridine rings is 1. The van der Waals surface area contributed by atoms with Crippen LogP contribution in [0, 0.1) is 11.3 Å². The number of para-hydroxylation sites is 1. The van der Waals surface area contributed by atoms with E-state index in [1.807, 2.05) is 53.9 Å². The SMILES string of the molecule is N#CCCC1(c2cccc(OCc3ccc4ccccc4n3)c2)SCCCS1. The van der Waals surface area contributed by atoms with E-state index < -0.39 is 0 Å². The lowest BCUT2D eigenvalue weighted by molar-refractivity contribution is 0.301. The number of ether oxygens (including phenoxy) is 1. The van der Waals surface area contributed by atoms with E-state index in [0.29, 0.717) is 13.0 Å². The third-order valence-electron chi connectivity index (χ3n) is 4.84. The number of hydrogen-bond donors (Lipinski definition) is 0. The molecule has 3 nitrogen and oxygen atoms in total. The molecule has 2 heterocycles. The summed E-state index contributed by atoms with van der Waals surface area (Å²) in [6.45, 7) is 0.444. The zero-order chi connectivity index (χ0) is 19.2. The van der Waals surface area contributed by atoms with Gasteiger partial charge in [-0.2, -0.15) is 5.26 Å². The average Bonchev–Trinajstić information content (AvgIpc) is 2.77. The van der Waals surface area contributed by atoms with Crippen molar-refractivity contribution >= 4 is 34.4 Å².